The summed E-state index contributed by atoms with van der Waals surface area (Å²) < 4.78 is 6.84. The molecule has 2 atom stereocenters. The quantitative estimate of drug-likeness (QED) is 0.343. The predicted octanol–water partition coefficient (Wildman–Crippen LogP) is 6.84. The van der Waals surface area contributed by atoms with Crippen LogP contribution in [-0.2, 0) is 11.2 Å². The number of ether oxygens (including phenoxy) is 1. The van der Waals surface area contributed by atoms with Gasteiger partial charge in [-0.1, -0.05) is 63.4 Å². The molecule has 7 heteroatoms. The number of benzene rings is 2. The fraction of sp³-hybridized carbons (Fsp3) is 0.280. The van der Waals surface area contributed by atoms with Crippen molar-refractivity contribution in [2.24, 2.45) is 0 Å². The van der Waals surface area contributed by atoms with Crippen molar-refractivity contribution in [1.29, 1.82) is 0 Å². The van der Waals surface area contributed by atoms with Crippen LogP contribution in [0.4, 0.5) is 0 Å². The molecule has 3 rings (SSSR count). The van der Waals surface area contributed by atoms with Crippen LogP contribution in [-0.4, -0.2) is 22.5 Å². The van der Waals surface area contributed by atoms with Gasteiger partial charge < -0.3 is 10.1 Å². The molecule has 1 aromatic heterocycles. The monoisotopic (exact) mass is 534 g/mol. The molecule has 0 saturated carbocycles. The maximum Gasteiger partial charge on any atom is 0.263 e. The van der Waals surface area contributed by atoms with E-state index in [9.17, 15) is 4.79 Å². The number of pyridine rings is 1. The van der Waals surface area contributed by atoms with Crippen molar-refractivity contribution in [2.45, 2.75) is 44.8 Å². The first-order valence-corrected chi connectivity index (χ1v) is 11.8. The van der Waals surface area contributed by atoms with Crippen molar-refractivity contribution in [1.82, 2.24) is 10.3 Å². The molecule has 3 aromatic rings. The highest BCUT2D eigenvalue weighted by Gasteiger charge is 2.33. The van der Waals surface area contributed by atoms with Gasteiger partial charge >= 0.3 is 0 Å². The molecule has 0 aliphatic rings. The van der Waals surface area contributed by atoms with E-state index in [-0.39, 0.29) is 17.9 Å². The summed E-state index contributed by atoms with van der Waals surface area (Å²) in [5.74, 6) is 0.159. The maximum atomic E-state index is 13.1. The number of carbonyl (C=O) groups excluding carboxylic acids is 1. The lowest BCUT2D eigenvalue weighted by molar-refractivity contribution is -0.135. The summed E-state index contributed by atoms with van der Waals surface area (Å²) in [7, 11) is 0. The van der Waals surface area contributed by atoms with Gasteiger partial charge in [0.05, 0.1) is 5.02 Å². The molecule has 168 valence electrons. The van der Waals surface area contributed by atoms with Gasteiger partial charge in [-0.15, -0.1) is 0 Å². The van der Waals surface area contributed by atoms with Crippen LogP contribution in [0.1, 0.15) is 37.8 Å². The highest BCUT2D eigenvalue weighted by molar-refractivity contribution is 9.10. The molecule has 1 N–H and O–H groups in total. The number of aromatic nitrogens is 1. The van der Waals surface area contributed by atoms with Gasteiger partial charge in [-0.05, 0) is 68.7 Å². The first kappa shape index (κ1) is 24.6. The van der Waals surface area contributed by atoms with Gasteiger partial charge in [0.2, 0.25) is 5.88 Å². The summed E-state index contributed by atoms with van der Waals surface area (Å²) in [6.07, 6.45) is 2.23. The maximum absolute atomic E-state index is 13.1. The number of nitrogens with one attached hydrogen (secondary N) is 1. The van der Waals surface area contributed by atoms with Crippen molar-refractivity contribution >= 4 is 45.0 Å². The second-order valence-corrected chi connectivity index (χ2v) is 9.97. The molecule has 4 nitrogen and oxygen atoms in total. The van der Waals surface area contributed by atoms with Crippen LogP contribution in [0.15, 0.2) is 71.3 Å². The topological polar surface area (TPSA) is 51.2 Å². The molecule has 0 aliphatic carbocycles. The summed E-state index contributed by atoms with van der Waals surface area (Å²) in [4.78, 5) is 17.3. The number of hydrogen-bond acceptors (Lipinski definition) is 3. The van der Waals surface area contributed by atoms with Crippen molar-refractivity contribution in [3.63, 3.8) is 0 Å². The van der Waals surface area contributed by atoms with Gasteiger partial charge in [-0.2, -0.15) is 0 Å². The number of rotatable bonds is 8. The van der Waals surface area contributed by atoms with E-state index in [2.05, 4.69) is 38.4 Å². The summed E-state index contributed by atoms with van der Waals surface area (Å²) in [6.45, 7) is 5.45. The van der Waals surface area contributed by atoms with Crippen LogP contribution in [0.5, 0.6) is 5.88 Å². The molecule has 1 heterocycles. The van der Waals surface area contributed by atoms with E-state index in [1.165, 1.54) is 6.20 Å². The van der Waals surface area contributed by atoms with Gasteiger partial charge in [-0.3, -0.25) is 4.79 Å². The average molecular weight is 536 g/mol. The zero-order chi connectivity index (χ0) is 23.3. The molecule has 0 saturated heterocycles. The third kappa shape index (κ3) is 6.71. The van der Waals surface area contributed by atoms with Gasteiger partial charge in [0.25, 0.3) is 5.91 Å². The van der Waals surface area contributed by atoms with Crippen molar-refractivity contribution < 1.29 is 9.53 Å². The molecule has 1 amide bonds. The second-order valence-electron chi connectivity index (χ2n) is 8.18. The summed E-state index contributed by atoms with van der Waals surface area (Å²) >= 11 is 15.5. The second kappa shape index (κ2) is 10.7. The van der Waals surface area contributed by atoms with Crippen LogP contribution in [0, 0.1) is 0 Å². The molecule has 0 bridgehead atoms. The van der Waals surface area contributed by atoms with E-state index in [1.807, 2.05) is 43.3 Å². The minimum atomic E-state index is -1.11. The SMILES string of the molecule is CC(NC(=O)C(C)(C)Oc1ccc(Cl)cn1)C(Cc1ccc(Cl)cc1)c1cccc(Br)c1. The Kier molecular flexibility index (Phi) is 8.21. The van der Waals surface area contributed by atoms with Crippen LogP contribution >= 0.6 is 39.1 Å². The largest absolute Gasteiger partial charge is 0.462 e. The highest BCUT2D eigenvalue weighted by atomic mass is 79.9. The van der Waals surface area contributed by atoms with E-state index < -0.39 is 5.60 Å². The Hall–Kier alpha value is -2.08. The molecule has 2 aromatic carbocycles. The average Bonchev–Trinajstić information content (AvgIpc) is 2.74. The Morgan fingerprint density at radius 3 is 2.41 bits per heavy atom. The van der Waals surface area contributed by atoms with Gasteiger partial charge in [0.15, 0.2) is 5.60 Å². The first-order valence-electron chi connectivity index (χ1n) is 10.3. The van der Waals surface area contributed by atoms with Crippen molar-refractivity contribution in [3.8, 4) is 5.88 Å². The molecule has 0 aliphatic heterocycles. The third-order valence-corrected chi connectivity index (χ3v) is 6.18. The van der Waals surface area contributed by atoms with Gasteiger partial charge in [-0.25, -0.2) is 4.98 Å². The van der Waals surface area contributed by atoms with Gasteiger partial charge in [0, 0.05) is 33.7 Å². The Labute approximate surface area is 207 Å². The van der Waals surface area contributed by atoms with Crippen molar-refractivity contribution in [2.75, 3.05) is 0 Å². The summed E-state index contributed by atoms with van der Waals surface area (Å²) in [5.41, 5.74) is 1.15. The number of carbonyl (C=O) groups is 1. The first-order chi connectivity index (χ1) is 15.1. The lowest BCUT2D eigenvalue weighted by Crippen LogP contribution is -2.51. The molecule has 0 fully saturated rings. The minimum absolute atomic E-state index is 0.0436. The Bertz CT molecular complexity index is 1060. The lowest BCUT2D eigenvalue weighted by atomic mass is 9.86. The standard InChI is InChI=1S/C25H25BrCl2N2O2/c1-16(30-24(31)25(2,3)32-23-12-11-21(28)15-29-23)22(18-5-4-6-19(26)14-18)13-17-7-9-20(27)10-8-17/h4-12,14-16,22H,13H2,1-3H3,(H,30,31). The number of halogens is 3. The number of amides is 1. The molecular formula is C25H25BrCl2N2O2. The number of nitrogens with zero attached hydrogens (tertiary/aromatic N) is 1. The fourth-order valence-corrected chi connectivity index (χ4v) is 4.06. The molecule has 2 unspecified atom stereocenters. The van der Waals surface area contributed by atoms with Crippen LogP contribution in [0.3, 0.4) is 0 Å². The van der Waals surface area contributed by atoms with E-state index in [1.54, 1.807) is 26.0 Å². The Morgan fingerprint density at radius 2 is 1.78 bits per heavy atom. The lowest BCUT2D eigenvalue weighted by Gasteiger charge is -2.30. The molecule has 0 radical (unpaired) electrons. The number of hydrogen-bond donors (Lipinski definition) is 1. The fourth-order valence-electron chi connectivity index (χ4n) is 3.41. The van der Waals surface area contributed by atoms with Crippen molar-refractivity contribution in [3.05, 3.63) is 92.5 Å². The molecule has 0 spiro atoms. The molecular weight excluding hydrogens is 511 g/mol. The van der Waals surface area contributed by atoms with E-state index in [4.69, 9.17) is 27.9 Å². The zero-order valence-electron chi connectivity index (χ0n) is 18.1. The third-order valence-electron chi connectivity index (χ3n) is 5.21. The zero-order valence-corrected chi connectivity index (χ0v) is 21.2. The van der Waals surface area contributed by atoms with Crippen LogP contribution in [0.25, 0.3) is 0 Å². The Balaban J connectivity index is 1.78. The Morgan fingerprint density at radius 1 is 1.09 bits per heavy atom. The summed E-state index contributed by atoms with van der Waals surface area (Å²) in [6, 6.07) is 19.1. The highest BCUT2D eigenvalue weighted by Crippen LogP contribution is 2.28. The van der Waals surface area contributed by atoms with Crippen LogP contribution in [0.2, 0.25) is 10.0 Å². The molecule has 32 heavy (non-hydrogen) atoms. The summed E-state index contributed by atoms with van der Waals surface area (Å²) in [5, 5.41) is 4.35. The predicted molar refractivity (Wildman–Crippen MR) is 134 cm³/mol. The van der Waals surface area contributed by atoms with Gasteiger partial charge in [0.1, 0.15) is 0 Å². The smallest absolute Gasteiger partial charge is 0.263 e. The van der Waals surface area contributed by atoms with Crippen LogP contribution < -0.4 is 10.1 Å². The van der Waals surface area contributed by atoms with E-state index in [0.717, 1.165) is 22.0 Å². The normalized spacial score (nSPS) is 13.3. The minimum Gasteiger partial charge on any atom is -0.462 e. The van der Waals surface area contributed by atoms with E-state index in [0.29, 0.717) is 15.9 Å². The van der Waals surface area contributed by atoms with E-state index >= 15 is 0 Å².